The summed E-state index contributed by atoms with van der Waals surface area (Å²) in [5, 5.41) is 13.3. The van der Waals surface area contributed by atoms with Gasteiger partial charge in [0.25, 0.3) is 5.91 Å². The van der Waals surface area contributed by atoms with Gasteiger partial charge >= 0.3 is 0 Å². The third kappa shape index (κ3) is 6.25. The van der Waals surface area contributed by atoms with E-state index in [-0.39, 0.29) is 11.7 Å². The summed E-state index contributed by atoms with van der Waals surface area (Å²) in [7, 11) is 3.11. The van der Waals surface area contributed by atoms with Crippen LogP contribution in [0.1, 0.15) is 12.5 Å². The van der Waals surface area contributed by atoms with E-state index >= 15 is 0 Å². The highest BCUT2D eigenvalue weighted by molar-refractivity contribution is 7.99. The topological polar surface area (TPSA) is 113 Å². The number of nitrogens with one attached hydrogen (secondary N) is 1. The van der Waals surface area contributed by atoms with Gasteiger partial charge in [-0.25, -0.2) is 5.43 Å². The molecule has 0 unspecified atom stereocenters. The van der Waals surface area contributed by atoms with E-state index in [0.29, 0.717) is 34.7 Å². The number of aromatic nitrogens is 4. The molecule has 11 heteroatoms. The van der Waals surface area contributed by atoms with Crippen LogP contribution in [0.15, 0.2) is 77.2 Å². The predicted molar refractivity (Wildman–Crippen MR) is 142 cm³/mol. The zero-order valence-corrected chi connectivity index (χ0v) is 21.4. The van der Waals surface area contributed by atoms with Gasteiger partial charge in [-0.05, 0) is 55.5 Å². The lowest BCUT2D eigenvalue weighted by Crippen LogP contribution is -2.20. The van der Waals surface area contributed by atoms with E-state index in [1.807, 2.05) is 60.0 Å². The van der Waals surface area contributed by atoms with Crippen molar-refractivity contribution < 1.29 is 19.0 Å². The van der Waals surface area contributed by atoms with Crippen LogP contribution < -0.4 is 19.6 Å². The molecular formula is C26H26N6O4S. The molecule has 0 spiro atoms. The van der Waals surface area contributed by atoms with Crippen molar-refractivity contribution in [1.82, 2.24) is 25.2 Å². The van der Waals surface area contributed by atoms with E-state index in [9.17, 15) is 4.79 Å². The molecule has 4 rings (SSSR count). The molecule has 1 amide bonds. The number of thioether (sulfide) groups is 1. The van der Waals surface area contributed by atoms with Gasteiger partial charge in [-0.3, -0.25) is 14.3 Å². The van der Waals surface area contributed by atoms with Crippen molar-refractivity contribution in [3.05, 3.63) is 72.6 Å². The molecule has 0 radical (unpaired) electrons. The summed E-state index contributed by atoms with van der Waals surface area (Å²) in [4.78, 5) is 16.7. The van der Waals surface area contributed by atoms with Gasteiger partial charge in [0.05, 0.1) is 32.8 Å². The number of methoxy groups -OCH3 is 2. The van der Waals surface area contributed by atoms with Crippen molar-refractivity contribution in [3.63, 3.8) is 0 Å². The number of hydrogen-bond donors (Lipinski definition) is 1. The average molecular weight is 519 g/mol. The summed E-state index contributed by atoms with van der Waals surface area (Å²) in [5.74, 6) is 2.27. The zero-order valence-electron chi connectivity index (χ0n) is 20.6. The van der Waals surface area contributed by atoms with Gasteiger partial charge in [-0.15, -0.1) is 10.2 Å². The molecule has 10 nitrogen and oxygen atoms in total. The van der Waals surface area contributed by atoms with Crippen LogP contribution in [0.4, 0.5) is 0 Å². The molecule has 4 aromatic rings. The summed E-state index contributed by atoms with van der Waals surface area (Å²) in [5.41, 5.74) is 4.85. The molecule has 0 saturated carbocycles. The lowest BCUT2D eigenvalue weighted by Gasteiger charge is -2.11. The maximum Gasteiger partial charge on any atom is 0.250 e. The molecule has 1 N–H and O–H groups in total. The normalized spacial score (nSPS) is 10.9. The van der Waals surface area contributed by atoms with E-state index in [2.05, 4.69) is 25.7 Å². The second-order valence-electron chi connectivity index (χ2n) is 7.47. The standard InChI is InChI=1S/C26H26N6O4S/c1-4-36-21-12-10-20(11-13-21)32-25(19-8-6-14-27-15-19)30-31-26(32)37-17-23(33)29-28-16-18-7-5-9-22(34-2)24(18)35-3/h5-16H,4,17H2,1-3H3,(H,29,33). The Morgan fingerprint density at radius 2 is 1.92 bits per heavy atom. The van der Waals surface area contributed by atoms with Crippen LogP contribution in [-0.4, -0.2) is 58.4 Å². The Morgan fingerprint density at radius 3 is 2.62 bits per heavy atom. The van der Waals surface area contributed by atoms with Crippen molar-refractivity contribution in [1.29, 1.82) is 0 Å². The first-order valence-corrected chi connectivity index (χ1v) is 12.4. The first-order valence-electron chi connectivity index (χ1n) is 11.4. The fraction of sp³-hybridized carbons (Fsp3) is 0.192. The van der Waals surface area contributed by atoms with Gasteiger partial charge in [-0.1, -0.05) is 17.8 Å². The number of nitrogens with zero attached hydrogens (tertiary/aromatic N) is 5. The molecule has 0 aliphatic carbocycles. The molecule has 0 aliphatic heterocycles. The van der Waals surface area contributed by atoms with Crippen molar-refractivity contribution in [3.8, 4) is 34.3 Å². The Hall–Kier alpha value is -4.38. The number of hydrogen-bond acceptors (Lipinski definition) is 9. The highest BCUT2D eigenvalue weighted by Crippen LogP contribution is 2.30. The van der Waals surface area contributed by atoms with Crippen LogP contribution in [0.3, 0.4) is 0 Å². The molecule has 0 fully saturated rings. The van der Waals surface area contributed by atoms with Crippen LogP contribution in [-0.2, 0) is 4.79 Å². The first-order chi connectivity index (χ1) is 18.1. The van der Waals surface area contributed by atoms with Crippen molar-refractivity contribution in [2.75, 3.05) is 26.6 Å². The van der Waals surface area contributed by atoms with Gasteiger partial charge in [-0.2, -0.15) is 5.10 Å². The predicted octanol–water partition coefficient (Wildman–Crippen LogP) is 3.99. The first kappa shape index (κ1) is 25.7. The zero-order chi connectivity index (χ0) is 26.0. The van der Waals surface area contributed by atoms with Crippen molar-refractivity contribution in [2.45, 2.75) is 12.1 Å². The average Bonchev–Trinajstić information content (AvgIpc) is 3.36. The van der Waals surface area contributed by atoms with Gasteiger partial charge < -0.3 is 14.2 Å². The molecule has 37 heavy (non-hydrogen) atoms. The molecular weight excluding hydrogens is 492 g/mol. The number of pyridine rings is 1. The Labute approximate surface area is 218 Å². The summed E-state index contributed by atoms with van der Waals surface area (Å²) < 4.78 is 18.1. The minimum absolute atomic E-state index is 0.0782. The number of hydrazone groups is 1. The van der Waals surface area contributed by atoms with E-state index in [0.717, 1.165) is 17.0 Å². The van der Waals surface area contributed by atoms with Crippen LogP contribution in [0, 0.1) is 0 Å². The Bertz CT molecular complexity index is 1360. The molecule has 0 atom stereocenters. The number of amides is 1. The minimum atomic E-state index is -0.299. The van der Waals surface area contributed by atoms with E-state index < -0.39 is 0 Å². The lowest BCUT2D eigenvalue weighted by molar-refractivity contribution is -0.118. The molecule has 0 saturated heterocycles. The number of ether oxygens (including phenoxy) is 3. The van der Waals surface area contributed by atoms with Crippen LogP contribution in [0.25, 0.3) is 17.1 Å². The Morgan fingerprint density at radius 1 is 1.08 bits per heavy atom. The van der Waals surface area contributed by atoms with Crippen LogP contribution in [0.2, 0.25) is 0 Å². The highest BCUT2D eigenvalue weighted by atomic mass is 32.2. The number of benzene rings is 2. The smallest absolute Gasteiger partial charge is 0.250 e. The minimum Gasteiger partial charge on any atom is -0.494 e. The number of carbonyl (C=O) groups excluding carboxylic acids is 1. The van der Waals surface area contributed by atoms with Gasteiger partial charge in [0, 0.05) is 29.2 Å². The summed E-state index contributed by atoms with van der Waals surface area (Å²) in [6.45, 7) is 2.52. The maximum atomic E-state index is 12.5. The molecule has 2 aromatic carbocycles. The Kier molecular flexibility index (Phi) is 8.71. The van der Waals surface area contributed by atoms with Crippen LogP contribution >= 0.6 is 11.8 Å². The fourth-order valence-electron chi connectivity index (χ4n) is 3.49. The number of rotatable bonds is 11. The van der Waals surface area contributed by atoms with Gasteiger partial charge in [0.15, 0.2) is 22.5 Å². The van der Waals surface area contributed by atoms with E-state index in [1.54, 1.807) is 32.7 Å². The second-order valence-corrected chi connectivity index (χ2v) is 8.42. The quantitative estimate of drug-likeness (QED) is 0.180. The van der Waals surface area contributed by atoms with Gasteiger partial charge in [0.1, 0.15) is 5.75 Å². The fourth-order valence-corrected chi connectivity index (χ4v) is 4.23. The molecule has 2 heterocycles. The second kappa shape index (κ2) is 12.5. The number of carbonyl (C=O) groups is 1. The number of para-hydroxylation sites is 1. The summed E-state index contributed by atoms with van der Waals surface area (Å²) in [6, 6.07) is 16.8. The third-order valence-electron chi connectivity index (χ3n) is 5.12. The summed E-state index contributed by atoms with van der Waals surface area (Å²) in [6.07, 6.45) is 4.92. The molecule has 190 valence electrons. The summed E-state index contributed by atoms with van der Waals surface area (Å²) >= 11 is 1.25. The maximum absolute atomic E-state index is 12.5. The van der Waals surface area contributed by atoms with Crippen molar-refractivity contribution in [2.24, 2.45) is 5.10 Å². The van der Waals surface area contributed by atoms with Crippen LogP contribution in [0.5, 0.6) is 17.2 Å². The van der Waals surface area contributed by atoms with Gasteiger partial charge in [0.2, 0.25) is 0 Å². The van der Waals surface area contributed by atoms with Crippen molar-refractivity contribution >= 4 is 23.9 Å². The lowest BCUT2D eigenvalue weighted by atomic mass is 10.2. The molecule has 0 bridgehead atoms. The highest BCUT2D eigenvalue weighted by Gasteiger charge is 2.17. The molecule has 0 aliphatic rings. The van der Waals surface area contributed by atoms with E-state index in [1.165, 1.54) is 18.0 Å². The Balaban J connectivity index is 1.50. The SMILES string of the molecule is CCOc1ccc(-n2c(SCC(=O)NN=Cc3cccc(OC)c3OC)nnc2-c2cccnc2)cc1. The largest absolute Gasteiger partial charge is 0.494 e. The third-order valence-corrected chi connectivity index (χ3v) is 6.05. The molecule has 2 aromatic heterocycles. The monoisotopic (exact) mass is 518 g/mol. The van der Waals surface area contributed by atoms with E-state index in [4.69, 9.17) is 14.2 Å².